The Hall–Kier alpha value is -3.81. The largest absolute Gasteiger partial charge is 0.497 e. The summed E-state index contributed by atoms with van der Waals surface area (Å²) in [5.74, 6) is 0.884. The summed E-state index contributed by atoms with van der Waals surface area (Å²) in [5.41, 5.74) is 0.903. The van der Waals surface area contributed by atoms with Gasteiger partial charge < -0.3 is 24.4 Å². The summed E-state index contributed by atoms with van der Waals surface area (Å²) in [6.45, 7) is 9.32. The molecule has 8 nitrogen and oxygen atoms in total. The number of Topliss-reactive ketones (excluding diaryl/α,β-unsaturated/α-hetero) is 1. The molecule has 0 saturated carbocycles. The highest BCUT2D eigenvalue weighted by Crippen LogP contribution is 2.26. The SMILES string of the molecule is C=CCCC(=O)CCN(Cc1ccc(OC)cc1OC)C(=O)[C@H](Cc1ccccc1)NC(=O)OC(C)(C)C. The molecule has 0 aliphatic heterocycles. The monoisotopic (exact) mass is 524 g/mol. The second-order valence-electron chi connectivity index (χ2n) is 9.94. The number of alkyl carbamates (subject to hydrolysis) is 1. The molecular formula is C30H40N2O6. The third kappa shape index (κ3) is 10.3. The maximum absolute atomic E-state index is 14.0. The molecule has 38 heavy (non-hydrogen) atoms. The van der Waals surface area contributed by atoms with Crippen LogP contribution in [-0.4, -0.2) is 55.1 Å². The summed E-state index contributed by atoms with van der Waals surface area (Å²) in [6, 6.07) is 13.9. The van der Waals surface area contributed by atoms with Crippen LogP contribution >= 0.6 is 0 Å². The molecule has 0 fully saturated rings. The van der Waals surface area contributed by atoms with Crippen LogP contribution in [0, 0.1) is 0 Å². The van der Waals surface area contributed by atoms with Gasteiger partial charge in [0, 0.05) is 44.0 Å². The number of nitrogens with one attached hydrogen (secondary N) is 1. The van der Waals surface area contributed by atoms with Gasteiger partial charge in [0.1, 0.15) is 28.9 Å². The zero-order valence-corrected chi connectivity index (χ0v) is 23.1. The number of ether oxygens (including phenoxy) is 3. The number of hydrogen-bond acceptors (Lipinski definition) is 6. The lowest BCUT2D eigenvalue weighted by Gasteiger charge is -2.29. The van der Waals surface area contributed by atoms with Crippen LogP contribution in [0.1, 0.15) is 51.2 Å². The number of carbonyl (C=O) groups excluding carboxylic acids is 3. The van der Waals surface area contributed by atoms with Gasteiger partial charge in [0.25, 0.3) is 0 Å². The summed E-state index contributed by atoms with van der Waals surface area (Å²) >= 11 is 0. The molecule has 2 aromatic carbocycles. The van der Waals surface area contributed by atoms with Crippen molar-refractivity contribution in [1.82, 2.24) is 10.2 Å². The molecule has 0 radical (unpaired) electrons. The predicted octanol–water partition coefficient (Wildman–Crippen LogP) is 5.09. The molecule has 206 valence electrons. The fourth-order valence-electron chi connectivity index (χ4n) is 3.82. The first-order valence-corrected chi connectivity index (χ1v) is 12.7. The molecule has 0 saturated heterocycles. The van der Waals surface area contributed by atoms with Crippen LogP contribution < -0.4 is 14.8 Å². The number of allylic oxidation sites excluding steroid dienone is 1. The van der Waals surface area contributed by atoms with Gasteiger partial charge in [0.15, 0.2) is 0 Å². The van der Waals surface area contributed by atoms with E-state index in [2.05, 4.69) is 11.9 Å². The van der Waals surface area contributed by atoms with E-state index in [0.29, 0.717) is 24.3 Å². The summed E-state index contributed by atoms with van der Waals surface area (Å²) in [4.78, 5) is 40.7. The number of hydrogen-bond donors (Lipinski definition) is 1. The lowest BCUT2D eigenvalue weighted by atomic mass is 10.0. The summed E-state index contributed by atoms with van der Waals surface area (Å²) in [7, 11) is 3.11. The fourth-order valence-corrected chi connectivity index (χ4v) is 3.82. The van der Waals surface area contributed by atoms with Gasteiger partial charge in [-0.1, -0.05) is 36.4 Å². The third-order valence-corrected chi connectivity index (χ3v) is 5.73. The minimum absolute atomic E-state index is 0.0316. The third-order valence-electron chi connectivity index (χ3n) is 5.73. The Morgan fingerprint density at radius 3 is 2.34 bits per heavy atom. The van der Waals surface area contributed by atoms with E-state index < -0.39 is 17.7 Å². The second kappa shape index (κ2) is 14.8. The van der Waals surface area contributed by atoms with Crippen LogP contribution in [0.5, 0.6) is 11.5 Å². The van der Waals surface area contributed by atoms with Gasteiger partial charge in [-0.05, 0) is 44.9 Å². The number of ketones is 1. The van der Waals surface area contributed by atoms with Crippen LogP contribution in [0.3, 0.4) is 0 Å². The molecule has 8 heteroatoms. The number of rotatable bonds is 14. The zero-order valence-electron chi connectivity index (χ0n) is 23.1. The highest BCUT2D eigenvalue weighted by Gasteiger charge is 2.29. The van der Waals surface area contributed by atoms with Crippen molar-refractivity contribution in [1.29, 1.82) is 0 Å². The lowest BCUT2D eigenvalue weighted by molar-refractivity contribution is -0.134. The molecular weight excluding hydrogens is 484 g/mol. The molecule has 1 N–H and O–H groups in total. The second-order valence-corrected chi connectivity index (χ2v) is 9.94. The van der Waals surface area contributed by atoms with Crippen LogP contribution in [0.15, 0.2) is 61.2 Å². The Bertz CT molecular complexity index is 1080. The first-order chi connectivity index (χ1) is 18.1. The minimum Gasteiger partial charge on any atom is -0.497 e. The Labute approximate surface area is 226 Å². The van der Waals surface area contributed by atoms with Gasteiger partial charge in [-0.25, -0.2) is 4.79 Å². The van der Waals surface area contributed by atoms with Gasteiger partial charge in [0.05, 0.1) is 14.2 Å². The van der Waals surface area contributed by atoms with Crippen molar-refractivity contribution in [3.05, 3.63) is 72.3 Å². The van der Waals surface area contributed by atoms with Crippen molar-refractivity contribution in [2.24, 2.45) is 0 Å². The average Bonchev–Trinajstić information content (AvgIpc) is 2.88. The number of amides is 2. The molecule has 0 spiro atoms. The molecule has 2 aromatic rings. The van der Waals surface area contributed by atoms with Crippen molar-refractivity contribution in [2.75, 3.05) is 20.8 Å². The molecule has 2 rings (SSSR count). The average molecular weight is 525 g/mol. The number of nitrogens with zero attached hydrogens (tertiary/aromatic N) is 1. The number of methoxy groups -OCH3 is 2. The molecule has 1 atom stereocenters. The maximum atomic E-state index is 14.0. The number of benzene rings is 2. The van der Waals surface area contributed by atoms with Crippen molar-refractivity contribution >= 4 is 17.8 Å². The summed E-state index contributed by atoms with van der Waals surface area (Å²) < 4.78 is 16.3. The number of carbonyl (C=O) groups is 3. The molecule has 0 aromatic heterocycles. The van der Waals surface area contributed by atoms with Gasteiger partial charge in [0.2, 0.25) is 5.91 Å². The first-order valence-electron chi connectivity index (χ1n) is 12.7. The Kier molecular flexibility index (Phi) is 11.9. The Morgan fingerprint density at radius 1 is 1.03 bits per heavy atom. The van der Waals surface area contributed by atoms with Gasteiger partial charge in [-0.3, -0.25) is 9.59 Å². The Balaban J connectivity index is 2.37. The Morgan fingerprint density at radius 2 is 1.74 bits per heavy atom. The first kappa shape index (κ1) is 30.4. The van der Waals surface area contributed by atoms with E-state index in [4.69, 9.17) is 14.2 Å². The molecule has 0 bridgehead atoms. The van der Waals surface area contributed by atoms with Crippen molar-refractivity contribution in [3.8, 4) is 11.5 Å². The lowest BCUT2D eigenvalue weighted by Crippen LogP contribution is -2.51. The fraction of sp³-hybridized carbons (Fsp3) is 0.433. The van der Waals surface area contributed by atoms with Crippen molar-refractivity contribution in [2.45, 2.75) is 64.6 Å². The summed E-state index contributed by atoms with van der Waals surface area (Å²) in [5, 5.41) is 2.76. The minimum atomic E-state index is -0.903. The van der Waals surface area contributed by atoms with E-state index in [1.807, 2.05) is 36.4 Å². The molecule has 0 aliphatic rings. The van der Waals surface area contributed by atoms with Crippen LogP contribution in [0.4, 0.5) is 4.79 Å². The van der Waals surface area contributed by atoms with Crippen molar-refractivity contribution in [3.63, 3.8) is 0 Å². The van der Waals surface area contributed by atoms with Crippen molar-refractivity contribution < 1.29 is 28.6 Å². The van der Waals surface area contributed by atoms with E-state index in [0.717, 1.165) is 11.1 Å². The standard InChI is InChI=1S/C30H40N2O6/c1-7-8-14-24(33)17-18-32(21-23-15-16-25(36-5)20-27(23)37-6)28(34)26(19-22-12-10-9-11-13-22)31-29(35)38-30(2,3)4/h7,9-13,15-16,20,26H,1,8,14,17-19,21H2,2-6H3,(H,31,35)/t26-/m0/s1. The van der Waals surface area contributed by atoms with Gasteiger partial charge in [-0.2, -0.15) is 0 Å². The van der Waals surface area contributed by atoms with E-state index in [1.165, 1.54) is 0 Å². The molecule has 0 aliphatic carbocycles. The summed E-state index contributed by atoms with van der Waals surface area (Å²) in [6.07, 6.45) is 2.40. The highest BCUT2D eigenvalue weighted by molar-refractivity contribution is 5.87. The van der Waals surface area contributed by atoms with E-state index in [9.17, 15) is 14.4 Å². The van der Waals surface area contributed by atoms with Gasteiger partial charge >= 0.3 is 6.09 Å². The van der Waals surface area contributed by atoms with E-state index in [1.54, 1.807) is 58.1 Å². The molecule has 2 amide bonds. The van der Waals surface area contributed by atoms with E-state index in [-0.39, 0.29) is 37.6 Å². The maximum Gasteiger partial charge on any atom is 0.408 e. The normalized spacial score (nSPS) is 11.7. The van der Waals surface area contributed by atoms with Gasteiger partial charge in [-0.15, -0.1) is 6.58 Å². The predicted molar refractivity (Wildman–Crippen MR) is 147 cm³/mol. The topological polar surface area (TPSA) is 94.2 Å². The quantitative estimate of drug-likeness (QED) is 0.346. The van der Waals surface area contributed by atoms with E-state index >= 15 is 0 Å². The highest BCUT2D eigenvalue weighted by atomic mass is 16.6. The van der Waals surface area contributed by atoms with Crippen LogP contribution in [0.25, 0.3) is 0 Å². The van der Waals surface area contributed by atoms with Crippen LogP contribution in [0.2, 0.25) is 0 Å². The van der Waals surface area contributed by atoms with Crippen LogP contribution in [-0.2, 0) is 27.3 Å². The zero-order chi connectivity index (χ0) is 28.1. The smallest absolute Gasteiger partial charge is 0.408 e. The molecule has 0 heterocycles. The molecule has 0 unspecified atom stereocenters.